The fraction of sp³-hybridized carbons (Fsp3) is 0.647. The van der Waals surface area contributed by atoms with E-state index in [1.54, 1.807) is 0 Å². The first-order chi connectivity index (χ1) is 8.81. The quantitative estimate of drug-likeness (QED) is 0.721. The van der Waals surface area contributed by atoms with E-state index in [0.29, 0.717) is 11.5 Å². The van der Waals surface area contributed by atoms with E-state index in [4.69, 9.17) is 0 Å². The maximum atomic E-state index is 3.62. The van der Waals surface area contributed by atoms with Crippen LogP contribution in [0.15, 0.2) is 28.7 Å². The molecule has 1 aromatic carbocycles. The van der Waals surface area contributed by atoms with E-state index in [1.165, 1.54) is 18.4 Å². The molecule has 2 unspecified atom stereocenters. The highest BCUT2D eigenvalue weighted by Crippen LogP contribution is 2.30. The zero-order valence-electron chi connectivity index (χ0n) is 13.0. The molecule has 2 heteroatoms. The number of hydrogen-bond donors (Lipinski definition) is 1. The summed E-state index contributed by atoms with van der Waals surface area (Å²) in [5, 5.41) is 3.62. The molecule has 108 valence electrons. The van der Waals surface area contributed by atoms with Crippen molar-refractivity contribution >= 4 is 15.9 Å². The average molecular weight is 326 g/mol. The van der Waals surface area contributed by atoms with Crippen LogP contribution in [0.1, 0.15) is 59.1 Å². The second-order valence-corrected chi connectivity index (χ2v) is 7.68. The monoisotopic (exact) mass is 325 g/mol. The van der Waals surface area contributed by atoms with Gasteiger partial charge in [0.15, 0.2) is 0 Å². The summed E-state index contributed by atoms with van der Waals surface area (Å²) >= 11 is 3.50. The zero-order chi connectivity index (χ0) is 14.5. The molecule has 0 saturated heterocycles. The highest BCUT2D eigenvalue weighted by Gasteiger charge is 2.19. The summed E-state index contributed by atoms with van der Waals surface area (Å²) in [4.78, 5) is 0. The van der Waals surface area contributed by atoms with Crippen LogP contribution < -0.4 is 5.32 Å². The third-order valence-electron chi connectivity index (χ3n) is 3.32. The van der Waals surface area contributed by atoms with Crippen LogP contribution in [0.5, 0.6) is 0 Å². The van der Waals surface area contributed by atoms with Crippen molar-refractivity contribution in [3.8, 4) is 0 Å². The Kier molecular flexibility index (Phi) is 6.55. The van der Waals surface area contributed by atoms with Gasteiger partial charge in [0, 0.05) is 10.5 Å². The minimum Gasteiger partial charge on any atom is -0.310 e. The van der Waals surface area contributed by atoms with Crippen LogP contribution in [0.2, 0.25) is 0 Å². The lowest BCUT2D eigenvalue weighted by atomic mass is 9.82. The van der Waals surface area contributed by atoms with Crippen molar-refractivity contribution in [1.82, 2.24) is 5.32 Å². The van der Waals surface area contributed by atoms with Gasteiger partial charge < -0.3 is 5.32 Å². The lowest BCUT2D eigenvalue weighted by Gasteiger charge is -2.27. The molecule has 0 bridgehead atoms. The molecule has 1 aromatic rings. The van der Waals surface area contributed by atoms with E-state index in [1.807, 2.05) is 0 Å². The molecule has 0 amide bonds. The molecule has 0 saturated carbocycles. The van der Waals surface area contributed by atoms with Gasteiger partial charge in [-0.1, -0.05) is 62.7 Å². The summed E-state index contributed by atoms with van der Waals surface area (Å²) in [5.74, 6) is 0.729. The fourth-order valence-corrected chi connectivity index (χ4v) is 3.07. The van der Waals surface area contributed by atoms with Crippen molar-refractivity contribution in [1.29, 1.82) is 0 Å². The van der Waals surface area contributed by atoms with Crippen molar-refractivity contribution in [2.45, 2.75) is 53.5 Å². The van der Waals surface area contributed by atoms with Crippen LogP contribution in [0.4, 0.5) is 0 Å². The number of nitrogens with one attached hydrogen (secondary N) is 1. The van der Waals surface area contributed by atoms with Crippen molar-refractivity contribution in [2.24, 2.45) is 11.3 Å². The third-order valence-corrected chi connectivity index (χ3v) is 3.85. The fourth-order valence-electron chi connectivity index (χ4n) is 2.81. The summed E-state index contributed by atoms with van der Waals surface area (Å²) in [6.45, 7) is 12.5. The van der Waals surface area contributed by atoms with E-state index in [9.17, 15) is 0 Å². The minimum absolute atomic E-state index is 0.413. The van der Waals surface area contributed by atoms with Crippen molar-refractivity contribution in [3.63, 3.8) is 0 Å². The number of rotatable bonds is 6. The standard InChI is InChI=1S/C17H28BrN/c1-6-19-16(11-13(2)12-17(3,4)5)14-7-9-15(18)10-8-14/h7-10,13,16,19H,6,11-12H2,1-5H3. The van der Waals surface area contributed by atoms with E-state index in [2.05, 4.69) is 80.1 Å². The molecular formula is C17H28BrN. The highest BCUT2D eigenvalue weighted by molar-refractivity contribution is 9.10. The van der Waals surface area contributed by atoms with Gasteiger partial charge in [0.05, 0.1) is 0 Å². The third kappa shape index (κ3) is 6.58. The van der Waals surface area contributed by atoms with Gasteiger partial charge in [-0.2, -0.15) is 0 Å². The Bertz CT molecular complexity index is 364. The van der Waals surface area contributed by atoms with Gasteiger partial charge in [-0.15, -0.1) is 0 Å². The topological polar surface area (TPSA) is 12.0 Å². The van der Waals surface area contributed by atoms with Gasteiger partial charge in [0.2, 0.25) is 0 Å². The number of hydrogen-bond acceptors (Lipinski definition) is 1. The number of benzene rings is 1. The lowest BCUT2D eigenvalue weighted by Crippen LogP contribution is -2.24. The molecule has 0 aliphatic heterocycles. The Labute approximate surface area is 127 Å². The first kappa shape index (κ1) is 16.7. The number of halogens is 1. The molecule has 2 atom stereocenters. The van der Waals surface area contributed by atoms with Crippen LogP contribution in [0, 0.1) is 11.3 Å². The highest BCUT2D eigenvalue weighted by atomic mass is 79.9. The molecule has 1 nitrogen and oxygen atoms in total. The molecule has 0 radical (unpaired) electrons. The molecule has 1 N–H and O–H groups in total. The van der Waals surface area contributed by atoms with E-state index in [-0.39, 0.29) is 0 Å². The van der Waals surface area contributed by atoms with Crippen molar-refractivity contribution in [3.05, 3.63) is 34.3 Å². The first-order valence-corrected chi connectivity index (χ1v) is 8.10. The Morgan fingerprint density at radius 3 is 2.21 bits per heavy atom. The van der Waals surface area contributed by atoms with Crippen LogP contribution >= 0.6 is 15.9 Å². The smallest absolute Gasteiger partial charge is 0.0322 e. The van der Waals surface area contributed by atoms with E-state index < -0.39 is 0 Å². The molecule has 0 fully saturated rings. The molecule has 1 rings (SSSR count). The molecular weight excluding hydrogens is 298 g/mol. The largest absolute Gasteiger partial charge is 0.310 e. The molecule has 0 aliphatic rings. The van der Waals surface area contributed by atoms with Gasteiger partial charge in [-0.25, -0.2) is 0 Å². The lowest BCUT2D eigenvalue weighted by molar-refractivity contribution is 0.276. The molecule has 0 heterocycles. The Morgan fingerprint density at radius 2 is 1.74 bits per heavy atom. The van der Waals surface area contributed by atoms with Gasteiger partial charge in [0.25, 0.3) is 0 Å². The van der Waals surface area contributed by atoms with E-state index >= 15 is 0 Å². The van der Waals surface area contributed by atoms with Gasteiger partial charge in [0.1, 0.15) is 0 Å². The Balaban J connectivity index is 2.70. The SMILES string of the molecule is CCNC(CC(C)CC(C)(C)C)c1ccc(Br)cc1. The zero-order valence-corrected chi connectivity index (χ0v) is 14.5. The second-order valence-electron chi connectivity index (χ2n) is 6.77. The predicted octanol–water partition coefficient (Wildman–Crippen LogP) is 5.56. The maximum absolute atomic E-state index is 3.62. The van der Waals surface area contributed by atoms with Crippen molar-refractivity contribution in [2.75, 3.05) is 6.54 Å². The summed E-state index contributed by atoms with van der Waals surface area (Å²) in [7, 11) is 0. The summed E-state index contributed by atoms with van der Waals surface area (Å²) < 4.78 is 1.15. The van der Waals surface area contributed by atoms with Crippen LogP contribution in [0.25, 0.3) is 0 Å². The predicted molar refractivity (Wildman–Crippen MR) is 88.4 cm³/mol. The molecule has 0 aliphatic carbocycles. The summed E-state index contributed by atoms with van der Waals surface area (Å²) in [6, 6.07) is 9.18. The Morgan fingerprint density at radius 1 is 1.16 bits per heavy atom. The molecule has 0 spiro atoms. The van der Waals surface area contributed by atoms with Crippen LogP contribution in [0.3, 0.4) is 0 Å². The minimum atomic E-state index is 0.413. The van der Waals surface area contributed by atoms with E-state index in [0.717, 1.165) is 16.9 Å². The molecule has 19 heavy (non-hydrogen) atoms. The van der Waals surface area contributed by atoms with Gasteiger partial charge >= 0.3 is 0 Å². The normalized spacial score (nSPS) is 15.3. The maximum Gasteiger partial charge on any atom is 0.0322 e. The molecule has 0 aromatic heterocycles. The summed E-state index contributed by atoms with van der Waals surface area (Å²) in [6.07, 6.45) is 2.47. The van der Waals surface area contributed by atoms with Crippen LogP contribution in [-0.2, 0) is 0 Å². The van der Waals surface area contributed by atoms with Gasteiger partial charge in [-0.05, 0) is 48.4 Å². The van der Waals surface area contributed by atoms with Crippen LogP contribution in [-0.4, -0.2) is 6.54 Å². The van der Waals surface area contributed by atoms with Crippen molar-refractivity contribution < 1.29 is 0 Å². The average Bonchev–Trinajstić information content (AvgIpc) is 2.27. The summed E-state index contributed by atoms with van der Waals surface area (Å²) in [5.41, 5.74) is 1.81. The Hall–Kier alpha value is -0.340. The first-order valence-electron chi connectivity index (χ1n) is 7.30. The second kappa shape index (κ2) is 7.44. The van der Waals surface area contributed by atoms with Gasteiger partial charge in [-0.3, -0.25) is 0 Å².